The van der Waals surface area contributed by atoms with Crippen molar-refractivity contribution in [2.75, 3.05) is 40.3 Å². The van der Waals surface area contributed by atoms with Crippen LogP contribution in [0.15, 0.2) is 78.9 Å². The molecule has 204 valence electrons. The molecule has 39 heavy (non-hydrogen) atoms. The molecule has 0 saturated carbocycles. The SMILES string of the molecule is CN(C)C(=O)c1cccc(-c2ccc3cc(O)ccc3c2Oc2ccc(OCCN3CCCCC3)cc2)c1.Cl. The number of halogens is 1. The fourth-order valence-corrected chi connectivity index (χ4v) is 4.90. The molecule has 1 heterocycles. The van der Waals surface area contributed by atoms with Crippen LogP contribution in [0.4, 0.5) is 0 Å². The molecular weight excluding hydrogens is 512 g/mol. The summed E-state index contributed by atoms with van der Waals surface area (Å²) in [4.78, 5) is 16.6. The van der Waals surface area contributed by atoms with E-state index >= 15 is 0 Å². The predicted molar refractivity (Wildman–Crippen MR) is 159 cm³/mol. The number of benzene rings is 4. The number of carbonyl (C=O) groups excluding carboxylic acids is 1. The molecule has 0 aliphatic carbocycles. The fraction of sp³-hybridized carbons (Fsp3) is 0.281. The Labute approximate surface area is 236 Å². The van der Waals surface area contributed by atoms with E-state index in [1.165, 1.54) is 19.3 Å². The van der Waals surface area contributed by atoms with Crippen molar-refractivity contribution in [2.45, 2.75) is 19.3 Å². The van der Waals surface area contributed by atoms with Gasteiger partial charge in [0.05, 0.1) is 0 Å². The van der Waals surface area contributed by atoms with E-state index in [0.717, 1.165) is 47.3 Å². The number of amides is 1. The first-order valence-corrected chi connectivity index (χ1v) is 13.2. The molecule has 0 unspecified atom stereocenters. The topological polar surface area (TPSA) is 62.2 Å². The maximum absolute atomic E-state index is 12.6. The second-order valence-corrected chi connectivity index (χ2v) is 9.95. The Hall–Kier alpha value is -3.74. The molecule has 5 rings (SSSR count). The zero-order valence-electron chi connectivity index (χ0n) is 22.4. The van der Waals surface area contributed by atoms with Gasteiger partial charge in [-0.3, -0.25) is 9.69 Å². The van der Waals surface area contributed by atoms with Crippen LogP contribution < -0.4 is 9.47 Å². The summed E-state index contributed by atoms with van der Waals surface area (Å²) in [6, 6.07) is 24.4. The number of phenols is 1. The van der Waals surface area contributed by atoms with Crippen molar-refractivity contribution < 1.29 is 19.4 Å². The number of hydrogen-bond donors (Lipinski definition) is 1. The van der Waals surface area contributed by atoms with Crippen LogP contribution in [0.2, 0.25) is 0 Å². The van der Waals surface area contributed by atoms with E-state index in [-0.39, 0.29) is 24.1 Å². The van der Waals surface area contributed by atoms with Crippen molar-refractivity contribution in [3.63, 3.8) is 0 Å². The van der Waals surface area contributed by atoms with E-state index in [0.29, 0.717) is 23.7 Å². The largest absolute Gasteiger partial charge is 0.508 e. The van der Waals surface area contributed by atoms with Gasteiger partial charge in [0.2, 0.25) is 0 Å². The van der Waals surface area contributed by atoms with Gasteiger partial charge in [-0.05, 0) is 97.5 Å². The van der Waals surface area contributed by atoms with Crippen molar-refractivity contribution >= 4 is 29.1 Å². The third kappa shape index (κ3) is 6.83. The second-order valence-electron chi connectivity index (χ2n) is 9.95. The third-order valence-electron chi connectivity index (χ3n) is 6.95. The standard InChI is InChI=1S/C32H34N2O4.ClH/c1-33(2)32(36)25-8-6-7-23(21-25)29-15-9-24-22-26(35)10-16-30(24)31(29)38-28-13-11-27(12-14-28)37-20-19-34-17-4-3-5-18-34;/h6-16,21-22,35H,3-5,17-20H2,1-2H3;1H. The minimum Gasteiger partial charge on any atom is -0.508 e. The molecule has 6 nitrogen and oxygen atoms in total. The number of rotatable bonds is 8. The number of ether oxygens (including phenoxy) is 2. The molecule has 0 radical (unpaired) electrons. The molecule has 7 heteroatoms. The molecule has 1 aliphatic heterocycles. The average Bonchev–Trinajstić information content (AvgIpc) is 2.94. The number of carbonyl (C=O) groups is 1. The lowest BCUT2D eigenvalue weighted by Gasteiger charge is -2.26. The smallest absolute Gasteiger partial charge is 0.253 e. The lowest BCUT2D eigenvalue weighted by atomic mass is 9.97. The van der Waals surface area contributed by atoms with E-state index in [1.807, 2.05) is 66.7 Å². The summed E-state index contributed by atoms with van der Waals surface area (Å²) in [5.74, 6) is 2.29. The minimum absolute atomic E-state index is 0. The lowest BCUT2D eigenvalue weighted by molar-refractivity contribution is 0.0827. The molecule has 1 N–H and O–H groups in total. The van der Waals surface area contributed by atoms with Gasteiger partial charge in [-0.1, -0.05) is 24.6 Å². The van der Waals surface area contributed by atoms with Gasteiger partial charge < -0.3 is 19.5 Å². The summed E-state index contributed by atoms with van der Waals surface area (Å²) in [6.07, 6.45) is 3.88. The summed E-state index contributed by atoms with van der Waals surface area (Å²) >= 11 is 0. The quantitative estimate of drug-likeness (QED) is 0.258. The number of piperidine rings is 1. The van der Waals surface area contributed by atoms with Crippen LogP contribution >= 0.6 is 12.4 Å². The Morgan fingerprint density at radius 2 is 1.64 bits per heavy atom. The zero-order chi connectivity index (χ0) is 26.5. The molecule has 1 fully saturated rings. The van der Waals surface area contributed by atoms with Crippen LogP contribution in [0.25, 0.3) is 21.9 Å². The summed E-state index contributed by atoms with van der Waals surface area (Å²) < 4.78 is 12.5. The Morgan fingerprint density at radius 1 is 0.897 bits per heavy atom. The molecular formula is C32H35ClN2O4. The number of phenolic OH excluding ortho intramolecular Hbond substituents is 1. The first-order chi connectivity index (χ1) is 18.5. The molecule has 0 bridgehead atoms. The Morgan fingerprint density at radius 3 is 2.38 bits per heavy atom. The van der Waals surface area contributed by atoms with Gasteiger partial charge in [-0.2, -0.15) is 0 Å². The van der Waals surface area contributed by atoms with Crippen LogP contribution in [0, 0.1) is 0 Å². The van der Waals surface area contributed by atoms with Crippen molar-refractivity contribution in [2.24, 2.45) is 0 Å². The fourth-order valence-electron chi connectivity index (χ4n) is 4.90. The highest BCUT2D eigenvalue weighted by atomic mass is 35.5. The molecule has 0 aromatic heterocycles. The van der Waals surface area contributed by atoms with Gasteiger partial charge in [0.1, 0.15) is 29.6 Å². The maximum atomic E-state index is 12.6. The van der Waals surface area contributed by atoms with Crippen molar-refractivity contribution in [1.29, 1.82) is 0 Å². The summed E-state index contributed by atoms with van der Waals surface area (Å²) in [5, 5.41) is 11.8. The first-order valence-electron chi connectivity index (χ1n) is 13.2. The van der Waals surface area contributed by atoms with Gasteiger partial charge in [-0.15, -0.1) is 12.4 Å². The molecule has 0 atom stereocenters. The highest BCUT2D eigenvalue weighted by Crippen LogP contribution is 2.41. The van der Waals surface area contributed by atoms with Gasteiger partial charge in [-0.25, -0.2) is 0 Å². The van der Waals surface area contributed by atoms with Crippen LogP contribution in [0.3, 0.4) is 0 Å². The van der Waals surface area contributed by atoms with E-state index in [1.54, 1.807) is 31.1 Å². The van der Waals surface area contributed by atoms with Crippen LogP contribution in [0.1, 0.15) is 29.6 Å². The normalized spacial score (nSPS) is 13.5. The second kappa shape index (κ2) is 12.9. The van der Waals surface area contributed by atoms with Crippen LogP contribution in [0.5, 0.6) is 23.0 Å². The number of hydrogen-bond acceptors (Lipinski definition) is 5. The molecule has 0 spiro atoms. The maximum Gasteiger partial charge on any atom is 0.253 e. The summed E-state index contributed by atoms with van der Waals surface area (Å²) in [7, 11) is 3.49. The van der Waals surface area contributed by atoms with Gasteiger partial charge in [0.25, 0.3) is 5.91 Å². The van der Waals surface area contributed by atoms with E-state index < -0.39 is 0 Å². The van der Waals surface area contributed by atoms with Crippen molar-refractivity contribution in [3.8, 4) is 34.1 Å². The molecule has 1 amide bonds. The average molecular weight is 547 g/mol. The lowest BCUT2D eigenvalue weighted by Crippen LogP contribution is -2.33. The van der Waals surface area contributed by atoms with E-state index in [9.17, 15) is 9.90 Å². The Kier molecular flexibility index (Phi) is 9.33. The summed E-state index contributed by atoms with van der Waals surface area (Å²) in [6.45, 7) is 3.93. The van der Waals surface area contributed by atoms with Crippen LogP contribution in [-0.4, -0.2) is 61.2 Å². The molecule has 1 saturated heterocycles. The van der Waals surface area contributed by atoms with E-state index in [2.05, 4.69) is 4.90 Å². The number of nitrogens with zero attached hydrogens (tertiary/aromatic N) is 2. The van der Waals surface area contributed by atoms with E-state index in [4.69, 9.17) is 9.47 Å². The molecule has 4 aromatic rings. The van der Waals surface area contributed by atoms with Crippen molar-refractivity contribution in [1.82, 2.24) is 9.80 Å². The highest BCUT2D eigenvalue weighted by molar-refractivity contribution is 5.98. The predicted octanol–water partition coefficient (Wildman–Crippen LogP) is 6.99. The number of likely N-dealkylation sites (tertiary alicyclic amines) is 1. The monoisotopic (exact) mass is 546 g/mol. The third-order valence-corrected chi connectivity index (χ3v) is 6.95. The van der Waals surface area contributed by atoms with Gasteiger partial charge >= 0.3 is 0 Å². The Bertz CT molecular complexity index is 1420. The highest BCUT2D eigenvalue weighted by Gasteiger charge is 2.16. The van der Waals surface area contributed by atoms with Crippen molar-refractivity contribution in [3.05, 3.63) is 84.4 Å². The number of aromatic hydroxyl groups is 1. The Balaban J connectivity index is 0.00000353. The minimum atomic E-state index is -0.0593. The molecule has 1 aliphatic rings. The van der Waals surface area contributed by atoms with Gasteiger partial charge in [0, 0.05) is 37.2 Å². The zero-order valence-corrected chi connectivity index (χ0v) is 23.2. The number of fused-ring (bicyclic) bond motifs is 1. The molecule has 4 aromatic carbocycles. The first kappa shape index (κ1) is 28.3. The van der Waals surface area contributed by atoms with Crippen LogP contribution in [-0.2, 0) is 0 Å². The van der Waals surface area contributed by atoms with Gasteiger partial charge in [0.15, 0.2) is 0 Å². The summed E-state index contributed by atoms with van der Waals surface area (Å²) in [5.41, 5.74) is 2.34.